The molecule has 0 spiro atoms. The highest BCUT2D eigenvalue weighted by Gasteiger charge is 2.18. The Bertz CT molecular complexity index is 552. The van der Waals surface area contributed by atoms with E-state index >= 15 is 0 Å². The summed E-state index contributed by atoms with van der Waals surface area (Å²) in [6, 6.07) is 12.9. The first kappa shape index (κ1) is 12.7. The summed E-state index contributed by atoms with van der Waals surface area (Å²) >= 11 is 0. The third-order valence-electron chi connectivity index (χ3n) is 3.20. The summed E-state index contributed by atoms with van der Waals surface area (Å²) in [6.07, 6.45) is 0. The standard InChI is InChI=1S/C15H17FN2/c1-10-6-3-4-8-12(10)15(18-17)13-9-5-7-11(2)14(13)16/h3-9,15,18H,17H2,1-2H3. The smallest absolute Gasteiger partial charge is 0.131 e. The predicted octanol–water partition coefficient (Wildman–Crippen LogP) is 3.00. The van der Waals surface area contributed by atoms with Gasteiger partial charge in [0.05, 0.1) is 6.04 Å². The zero-order valence-electron chi connectivity index (χ0n) is 10.6. The van der Waals surface area contributed by atoms with Gasteiger partial charge in [-0.05, 0) is 30.5 Å². The highest BCUT2D eigenvalue weighted by molar-refractivity contribution is 5.38. The second kappa shape index (κ2) is 5.29. The molecule has 3 heteroatoms. The van der Waals surface area contributed by atoms with Gasteiger partial charge in [0, 0.05) is 5.56 Å². The molecule has 0 bridgehead atoms. The maximum Gasteiger partial charge on any atom is 0.131 e. The van der Waals surface area contributed by atoms with Gasteiger partial charge in [0.25, 0.3) is 0 Å². The van der Waals surface area contributed by atoms with E-state index in [0.29, 0.717) is 11.1 Å². The van der Waals surface area contributed by atoms with Crippen molar-refractivity contribution in [2.45, 2.75) is 19.9 Å². The number of benzene rings is 2. The summed E-state index contributed by atoms with van der Waals surface area (Å²) < 4.78 is 14.2. The van der Waals surface area contributed by atoms with Crippen molar-refractivity contribution in [3.8, 4) is 0 Å². The Balaban J connectivity index is 2.53. The zero-order valence-corrected chi connectivity index (χ0v) is 10.6. The summed E-state index contributed by atoms with van der Waals surface area (Å²) in [5.74, 6) is 5.40. The lowest BCUT2D eigenvalue weighted by molar-refractivity contribution is 0.553. The Morgan fingerprint density at radius 1 is 0.944 bits per heavy atom. The van der Waals surface area contributed by atoms with Crippen LogP contribution in [0.25, 0.3) is 0 Å². The SMILES string of the molecule is Cc1ccccc1C(NN)c1cccc(C)c1F. The molecule has 2 nitrogen and oxygen atoms in total. The molecule has 2 aromatic rings. The summed E-state index contributed by atoms with van der Waals surface area (Å²) in [6.45, 7) is 3.75. The van der Waals surface area contributed by atoms with Crippen LogP contribution in [0.5, 0.6) is 0 Å². The summed E-state index contributed by atoms with van der Waals surface area (Å²) in [4.78, 5) is 0. The van der Waals surface area contributed by atoms with Crippen LogP contribution in [0.4, 0.5) is 4.39 Å². The highest BCUT2D eigenvalue weighted by Crippen LogP contribution is 2.27. The van der Waals surface area contributed by atoms with Crippen LogP contribution in [0.1, 0.15) is 28.3 Å². The Labute approximate surface area is 107 Å². The molecule has 0 saturated heterocycles. The van der Waals surface area contributed by atoms with E-state index < -0.39 is 0 Å². The van der Waals surface area contributed by atoms with Crippen LogP contribution >= 0.6 is 0 Å². The molecule has 0 heterocycles. The molecule has 0 fully saturated rings. The molecule has 2 aromatic carbocycles. The van der Waals surface area contributed by atoms with Crippen molar-refractivity contribution in [2.75, 3.05) is 0 Å². The van der Waals surface area contributed by atoms with Gasteiger partial charge < -0.3 is 0 Å². The van der Waals surface area contributed by atoms with Crippen LogP contribution in [0.15, 0.2) is 42.5 Å². The second-order valence-electron chi connectivity index (χ2n) is 4.43. The summed E-state index contributed by atoms with van der Waals surface area (Å²) in [7, 11) is 0. The van der Waals surface area contributed by atoms with Crippen LogP contribution < -0.4 is 11.3 Å². The number of hydrazine groups is 1. The van der Waals surface area contributed by atoms with E-state index in [-0.39, 0.29) is 11.9 Å². The molecule has 2 rings (SSSR count). The maximum atomic E-state index is 14.2. The lowest BCUT2D eigenvalue weighted by Crippen LogP contribution is -2.30. The highest BCUT2D eigenvalue weighted by atomic mass is 19.1. The Morgan fingerprint density at radius 2 is 1.56 bits per heavy atom. The monoisotopic (exact) mass is 244 g/mol. The average molecular weight is 244 g/mol. The molecule has 0 aromatic heterocycles. The van der Waals surface area contributed by atoms with E-state index in [1.54, 1.807) is 19.1 Å². The maximum absolute atomic E-state index is 14.2. The van der Waals surface area contributed by atoms with Gasteiger partial charge in [0.15, 0.2) is 0 Å². The Morgan fingerprint density at radius 3 is 2.22 bits per heavy atom. The molecular weight excluding hydrogens is 227 g/mol. The number of nitrogens with two attached hydrogens (primary N) is 1. The van der Waals surface area contributed by atoms with E-state index in [1.165, 1.54) is 0 Å². The fraction of sp³-hybridized carbons (Fsp3) is 0.200. The van der Waals surface area contributed by atoms with Crippen LogP contribution in [0.3, 0.4) is 0 Å². The summed E-state index contributed by atoms with van der Waals surface area (Å²) in [5, 5.41) is 0. The summed E-state index contributed by atoms with van der Waals surface area (Å²) in [5.41, 5.74) is 5.98. The zero-order chi connectivity index (χ0) is 13.1. The van der Waals surface area contributed by atoms with Gasteiger partial charge in [-0.3, -0.25) is 5.84 Å². The van der Waals surface area contributed by atoms with Crippen molar-refractivity contribution >= 4 is 0 Å². The van der Waals surface area contributed by atoms with Gasteiger partial charge in [0.1, 0.15) is 5.82 Å². The molecule has 0 saturated carbocycles. The Kier molecular flexibility index (Phi) is 3.75. The third kappa shape index (κ3) is 2.28. The topological polar surface area (TPSA) is 38.0 Å². The number of aryl methyl sites for hydroxylation is 2. The van der Waals surface area contributed by atoms with Gasteiger partial charge >= 0.3 is 0 Å². The molecule has 0 amide bonds. The van der Waals surface area contributed by atoms with E-state index in [9.17, 15) is 4.39 Å². The minimum absolute atomic E-state index is 0.205. The molecule has 1 unspecified atom stereocenters. The van der Waals surface area contributed by atoms with Crippen molar-refractivity contribution in [2.24, 2.45) is 5.84 Å². The molecule has 94 valence electrons. The molecular formula is C15H17FN2. The number of hydrogen-bond donors (Lipinski definition) is 2. The van der Waals surface area contributed by atoms with Gasteiger partial charge in [-0.1, -0.05) is 42.5 Å². The van der Waals surface area contributed by atoms with Gasteiger partial charge in [-0.15, -0.1) is 0 Å². The number of nitrogens with one attached hydrogen (secondary N) is 1. The molecule has 1 atom stereocenters. The van der Waals surface area contributed by atoms with Crippen molar-refractivity contribution in [1.29, 1.82) is 0 Å². The fourth-order valence-corrected chi connectivity index (χ4v) is 2.15. The van der Waals surface area contributed by atoms with Crippen LogP contribution in [0.2, 0.25) is 0 Å². The van der Waals surface area contributed by atoms with E-state index in [0.717, 1.165) is 11.1 Å². The first-order valence-corrected chi connectivity index (χ1v) is 5.92. The third-order valence-corrected chi connectivity index (χ3v) is 3.20. The van der Waals surface area contributed by atoms with Gasteiger partial charge in [-0.25, -0.2) is 9.82 Å². The molecule has 0 aliphatic heterocycles. The van der Waals surface area contributed by atoms with E-state index in [2.05, 4.69) is 5.43 Å². The van der Waals surface area contributed by atoms with Crippen molar-refractivity contribution in [3.63, 3.8) is 0 Å². The van der Waals surface area contributed by atoms with Crippen LogP contribution in [-0.2, 0) is 0 Å². The second-order valence-corrected chi connectivity index (χ2v) is 4.43. The quantitative estimate of drug-likeness (QED) is 0.643. The predicted molar refractivity (Wildman–Crippen MR) is 71.5 cm³/mol. The average Bonchev–Trinajstić information content (AvgIpc) is 2.37. The van der Waals surface area contributed by atoms with Crippen molar-refractivity contribution < 1.29 is 4.39 Å². The fourth-order valence-electron chi connectivity index (χ4n) is 2.15. The minimum atomic E-state index is -0.328. The number of halogens is 1. The van der Waals surface area contributed by atoms with Crippen molar-refractivity contribution in [3.05, 3.63) is 70.5 Å². The molecule has 3 N–H and O–H groups in total. The number of rotatable bonds is 3. The molecule has 0 radical (unpaired) electrons. The largest absolute Gasteiger partial charge is 0.271 e. The number of hydrogen-bond acceptors (Lipinski definition) is 2. The first-order valence-electron chi connectivity index (χ1n) is 5.92. The Hall–Kier alpha value is -1.71. The first-order chi connectivity index (χ1) is 8.65. The van der Waals surface area contributed by atoms with Crippen molar-refractivity contribution in [1.82, 2.24) is 5.43 Å². The normalized spacial score (nSPS) is 12.4. The minimum Gasteiger partial charge on any atom is -0.271 e. The lowest BCUT2D eigenvalue weighted by atomic mass is 9.94. The van der Waals surface area contributed by atoms with Crippen LogP contribution in [-0.4, -0.2) is 0 Å². The lowest BCUT2D eigenvalue weighted by Gasteiger charge is -2.20. The van der Waals surface area contributed by atoms with Crippen LogP contribution in [0, 0.1) is 19.7 Å². The molecule has 0 aliphatic rings. The van der Waals surface area contributed by atoms with Gasteiger partial charge in [-0.2, -0.15) is 0 Å². The molecule has 0 aliphatic carbocycles. The van der Waals surface area contributed by atoms with E-state index in [1.807, 2.05) is 37.3 Å². The van der Waals surface area contributed by atoms with E-state index in [4.69, 9.17) is 5.84 Å². The van der Waals surface area contributed by atoms with Gasteiger partial charge in [0.2, 0.25) is 0 Å². The molecule has 18 heavy (non-hydrogen) atoms.